The third-order valence-corrected chi connectivity index (χ3v) is 3.84. The molecule has 0 heterocycles. The fourth-order valence-electron chi connectivity index (χ4n) is 2.11. The number of non-ortho nitro benzene ring substituents is 1. The van der Waals surface area contributed by atoms with Crippen LogP contribution in [0.3, 0.4) is 0 Å². The summed E-state index contributed by atoms with van der Waals surface area (Å²) < 4.78 is 4.86. The number of anilines is 1. The molecule has 2 aromatic rings. The van der Waals surface area contributed by atoms with Crippen LogP contribution >= 0.6 is 11.6 Å². The lowest BCUT2D eigenvalue weighted by Crippen LogP contribution is -2.40. The molecule has 0 radical (unpaired) electrons. The van der Waals surface area contributed by atoms with Crippen molar-refractivity contribution in [2.24, 2.45) is 0 Å². The number of benzene rings is 2. The van der Waals surface area contributed by atoms with Gasteiger partial charge in [-0.1, -0.05) is 29.8 Å². The summed E-state index contributed by atoms with van der Waals surface area (Å²) in [4.78, 5) is 46.0. The summed E-state index contributed by atoms with van der Waals surface area (Å²) in [6.07, 6.45) is 0. The van der Waals surface area contributed by atoms with Gasteiger partial charge >= 0.3 is 5.97 Å². The number of halogens is 1. The predicted molar refractivity (Wildman–Crippen MR) is 101 cm³/mol. The molecular formula is C18H16ClN3O6. The zero-order valence-electron chi connectivity index (χ0n) is 14.7. The minimum Gasteiger partial charge on any atom is -0.454 e. The minimum atomic E-state index is -1.07. The maximum absolute atomic E-state index is 12.1. The third-order valence-electron chi connectivity index (χ3n) is 3.51. The molecule has 10 heteroatoms. The van der Waals surface area contributed by atoms with Crippen LogP contribution in [0.1, 0.15) is 17.3 Å². The van der Waals surface area contributed by atoms with Crippen molar-refractivity contribution in [1.29, 1.82) is 0 Å². The SMILES string of the molecule is C[C@H](NC(=O)c1cccc([N+](=O)[O-])c1)C(=O)OCC(=O)Nc1ccccc1Cl. The van der Waals surface area contributed by atoms with Gasteiger partial charge in [0.1, 0.15) is 6.04 Å². The van der Waals surface area contributed by atoms with Crippen LogP contribution < -0.4 is 10.6 Å². The van der Waals surface area contributed by atoms with E-state index in [2.05, 4.69) is 10.6 Å². The van der Waals surface area contributed by atoms with Gasteiger partial charge < -0.3 is 15.4 Å². The first-order valence-electron chi connectivity index (χ1n) is 8.04. The molecule has 2 amide bonds. The summed E-state index contributed by atoms with van der Waals surface area (Å²) in [6, 6.07) is 10.5. The number of nitrogens with one attached hydrogen (secondary N) is 2. The van der Waals surface area contributed by atoms with Crippen LogP contribution in [0, 0.1) is 10.1 Å². The molecule has 0 aromatic heterocycles. The van der Waals surface area contributed by atoms with Crippen LogP contribution in [0.25, 0.3) is 0 Å². The fraction of sp³-hybridized carbons (Fsp3) is 0.167. The summed E-state index contributed by atoms with van der Waals surface area (Å²) in [5.41, 5.74) is 0.140. The van der Waals surface area contributed by atoms with Gasteiger partial charge in [-0.2, -0.15) is 0 Å². The van der Waals surface area contributed by atoms with E-state index in [1.54, 1.807) is 24.3 Å². The smallest absolute Gasteiger partial charge is 0.328 e. The molecule has 0 fully saturated rings. The zero-order chi connectivity index (χ0) is 20.7. The highest BCUT2D eigenvalue weighted by Gasteiger charge is 2.20. The second kappa shape index (κ2) is 9.47. The predicted octanol–water partition coefficient (Wildman–Crippen LogP) is 2.55. The van der Waals surface area contributed by atoms with Crippen molar-refractivity contribution in [2.45, 2.75) is 13.0 Å². The van der Waals surface area contributed by atoms with Crippen LogP contribution in [-0.4, -0.2) is 35.4 Å². The number of nitro groups is 1. The van der Waals surface area contributed by atoms with E-state index in [9.17, 15) is 24.5 Å². The van der Waals surface area contributed by atoms with Gasteiger partial charge in [0.2, 0.25) is 0 Å². The normalized spacial score (nSPS) is 11.2. The average molecular weight is 406 g/mol. The van der Waals surface area contributed by atoms with E-state index in [1.165, 1.54) is 25.1 Å². The molecule has 9 nitrogen and oxygen atoms in total. The van der Waals surface area contributed by atoms with Crippen LogP contribution in [0.2, 0.25) is 5.02 Å². The molecule has 0 unspecified atom stereocenters. The maximum atomic E-state index is 12.1. The van der Waals surface area contributed by atoms with E-state index in [0.717, 1.165) is 6.07 Å². The highest BCUT2D eigenvalue weighted by atomic mass is 35.5. The summed E-state index contributed by atoms with van der Waals surface area (Å²) in [6.45, 7) is 0.796. The Morgan fingerprint density at radius 3 is 2.57 bits per heavy atom. The van der Waals surface area contributed by atoms with Crippen molar-refractivity contribution >= 4 is 40.8 Å². The Bertz CT molecular complexity index is 918. The van der Waals surface area contributed by atoms with E-state index in [4.69, 9.17) is 16.3 Å². The summed E-state index contributed by atoms with van der Waals surface area (Å²) in [5, 5.41) is 15.9. The van der Waals surface area contributed by atoms with Crippen molar-refractivity contribution in [2.75, 3.05) is 11.9 Å². The molecule has 1 atom stereocenters. The molecule has 0 aliphatic rings. The number of nitrogens with zero attached hydrogens (tertiary/aromatic N) is 1. The number of esters is 1. The molecule has 0 spiro atoms. The zero-order valence-corrected chi connectivity index (χ0v) is 15.4. The number of carbonyl (C=O) groups is 3. The van der Waals surface area contributed by atoms with Gasteiger partial charge in [0, 0.05) is 17.7 Å². The number of rotatable bonds is 7. The van der Waals surface area contributed by atoms with Crippen molar-refractivity contribution in [3.63, 3.8) is 0 Å². The maximum Gasteiger partial charge on any atom is 0.328 e. The molecule has 0 saturated heterocycles. The van der Waals surface area contributed by atoms with E-state index in [1.807, 2.05) is 0 Å². The van der Waals surface area contributed by atoms with E-state index >= 15 is 0 Å². The monoisotopic (exact) mass is 405 g/mol. The number of amides is 2. The largest absolute Gasteiger partial charge is 0.454 e. The van der Waals surface area contributed by atoms with Gasteiger partial charge in [-0.15, -0.1) is 0 Å². The average Bonchev–Trinajstić information content (AvgIpc) is 2.67. The van der Waals surface area contributed by atoms with Gasteiger partial charge in [0.15, 0.2) is 6.61 Å². The lowest BCUT2D eigenvalue weighted by Gasteiger charge is -2.13. The second-order valence-corrected chi connectivity index (χ2v) is 6.05. The highest BCUT2D eigenvalue weighted by molar-refractivity contribution is 6.33. The summed E-state index contributed by atoms with van der Waals surface area (Å²) in [7, 11) is 0. The van der Waals surface area contributed by atoms with Gasteiger partial charge in [0.25, 0.3) is 17.5 Å². The lowest BCUT2D eigenvalue weighted by atomic mass is 10.2. The molecule has 146 valence electrons. The number of nitro benzene ring substituents is 1. The van der Waals surface area contributed by atoms with Crippen molar-refractivity contribution in [3.8, 4) is 0 Å². The van der Waals surface area contributed by atoms with Crippen LogP contribution in [0.15, 0.2) is 48.5 Å². The highest BCUT2D eigenvalue weighted by Crippen LogP contribution is 2.20. The van der Waals surface area contributed by atoms with Crippen LogP contribution in [-0.2, 0) is 14.3 Å². The second-order valence-electron chi connectivity index (χ2n) is 5.64. The van der Waals surface area contributed by atoms with Crippen molar-refractivity contribution in [3.05, 3.63) is 69.2 Å². The van der Waals surface area contributed by atoms with Gasteiger partial charge in [-0.05, 0) is 25.1 Å². The van der Waals surface area contributed by atoms with Crippen molar-refractivity contribution < 1.29 is 24.0 Å². The van der Waals surface area contributed by atoms with E-state index in [-0.39, 0.29) is 11.3 Å². The molecule has 0 aliphatic carbocycles. The first-order valence-corrected chi connectivity index (χ1v) is 8.42. The summed E-state index contributed by atoms with van der Waals surface area (Å²) >= 11 is 5.92. The number of ether oxygens (including phenoxy) is 1. The number of hydrogen-bond donors (Lipinski definition) is 2. The topological polar surface area (TPSA) is 128 Å². The van der Waals surface area contributed by atoms with Crippen molar-refractivity contribution in [1.82, 2.24) is 5.32 Å². The lowest BCUT2D eigenvalue weighted by molar-refractivity contribution is -0.384. The molecule has 0 saturated carbocycles. The fourth-order valence-corrected chi connectivity index (χ4v) is 2.29. The molecule has 28 heavy (non-hydrogen) atoms. The molecule has 0 aliphatic heterocycles. The quantitative estimate of drug-likeness (QED) is 0.414. The first-order chi connectivity index (χ1) is 13.3. The number of carbonyl (C=O) groups excluding carboxylic acids is 3. The molecular weight excluding hydrogens is 390 g/mol. The van der Waals surface area contributed by atoms with Gasteiger partial charge in [-0.3, -0.25) is 19.7 Å². The summed E-state index contributed by atoms with van der Waals surface area (Å²) in [5.74, 6) is -2.12. The Hall–Kier alpha value is -3.46. The first kappa shape index (κ1) is 20.8. The third kappa shape index (κ3) is 5.78. The van der Waals surface area contributed by atoms with E-state index in [0.29, 0.717) is 10.7 Å². The van der Waals surface area contributed by atoms with Gasteiger partial charge in [-0.25, -0.2) is 4.79 Å². The Labute approximate surface area is 164 Å². The minimum absolute atomic E-state index is 0.0188. The Morgan fingerprint density at radius 1 is 1.18 bits per heavy atom. The molecule has 2 aromatic carbocycles. The number of para-hydroxylation sites is 1. The van der Waals surface area contributed by atoms with Gasteiger partial charge in [0.05, 0.1) is 15.6 Å². The standard InChI is InChI=1S/C18H16ClN3O6/c1-11(20-17(24)12-5-4-6-13(9-12)22(26)27)18(25)28-10-16(23)21-15-8-3-2-7-14(15)19/h2-9,11H,10H2,1H3,(H,20,24)(H,21,23)/t11-/m0/s1. The number of hydrogen-bond acceptors (Lipinski definition) is 6. The Morgan fingerprint density at radius 2 is 1.89 bits per heavy atom. The Balaban J connectivity index is 1.86. The molecule has 0 bridgehead atoms. The molecule has 2 rings (SSSR count). The Kier molecular flexibility index (Phi) is 7.05. The van der Waals surface area contributed by atoms with E-state index < -0.39 is 35.4 Å². The van der Waals surface area contributed by atoms with Crippen LogP contribution in [0.5, 0.6) is 0 Å². The van der Waals surface area contributed by atoms with Crippen LogP contribution in [0.4, 0.5) is 11.4 Å². The molecule has 2 N–H and O–H groups in total.